The van der Waals surface area contributed by atoms with E-state index in [0.717, 1.165) is 47.5 Å². The molecule has 0 aliphatic carbocycles. The molecule has 118 valence electrons. The van der Waals surface area contributed by atoms with Gasteiger partial charge in [-0.2, -0.15) is 0 Å². The fraction of sp³-hybridized carbons (Fsp3) is 0.278. The van der Waals surface area contributed by atoms with Gasteiger partial charge >= 0.3 is 0 Å². The van der Waals surface area contributed by atoms with Gasteiger partial charge < -0.3 is 14.3 Å². The fourth-order valence-electron chi connectivity index (χ4n) is 3.04. The van der Waals surface area contributed by atoms with Crippen molar-refractivity contribution in [2.45, 2.75) is 11.7 Å². The molecule has 1 aliphatic heterocycles. The van der Waals surface area contributed by atoms with Crippen LogP contribution in [0, 0.1) is 0 Å². The highest BCUT2D eigenvalue weighted by Crippen LogP contribution is 2.34. The molecule has 4 nitrogen and oxygen atoms in total. The van der Waals surface area contributed by atoms with Crippen molar-refractivity contribution in [2.24, 2.45) is 0 Å². The predicted molar refractivity (Wildman–Crippen MR) is 92.7 cm³/mol. The van der Waals surface area contributed by atoms with Gasteiger partial charge in [0.1, 0.15) is 5.76 Å². The van der Waals surface area contributed by atoms with E-state index in [4.69, 9.17) is 4.42 Å². The normalized spacial score (nSPS) is 19.0. The zero-order valence-electron chi connectivity index (χ0n) is 12.7. The molecular formula is C18H18N2O2S. The lowest BCUT2D eigenvalue weighted by Gasteiger charge is -2.20. The van der Waals surface area contributed by atoms with E-state index >= 15 is 0 Å². The summed E-state index contributed by atoms with van der Waals surface area (Å²) in [5.74, 6) is 2.06. The Morgan fingerprint density at radius 3 is 3.09 bits per heavy atom. The van der Waals surface area contributed by atoms with Crippen LogP contribution in [0.2, 0.25) is 0 Å². The van der Waals surface area contributed by atoms with Gasteiger partial charge in [0.05, 0.1) is 11.5 Å². The summed E-state index contributed by atoms with van der Waals surface area (Å²) in [5, 5.41) is 1.47. The van der Waals surface area contributed by atoms with Gasteiger partial charge in [-0.25, -0.2) is 0 Å². The minimum absolute atomic E-state index is 0.113. The van der Waals surface area contributed by atoms with Crippen LogP contribution in [0.1, 0.15) is 27.8 Å². The van der Waals surface area contributed by atoms with Crippen molar-refractivity contribution >= 4 is 28.6 Å². The number of furan rings is 1. The maximum Gasteiger partial charge on any atom is 0.253 e. The Morgan fingerprint density at radius 2 is 2.22 bits per heavy atom. The Morgan fingerprint density at radius 1 is 1.26 bits per heavy atom. The number of carbonyl (C=O) groups is 1. The fourth-order valence-corrected chi connectivity index (χ4v) is 4.22. The van der Waals surface area contributed by atoms with Crippen LogP contribution >= 0.6 is 11.8 Å². The molecular weight excluding hydrogens is 308 g/mol. The molecule has 0 spiro atoms. The summed E-state index contributed by atoms with van der Waals surface area (Å²) >= 11 is 1.87. The lowest BCUT2D eigenvalue weighted by Crippen LogP contribution is -2.32. The molecule has 1 saturated heterocycles. The first-order chi connectivity index (χ1) is 11.3. The first-order valence-electron chi connectivity index (χ1n) is 7.83. The van der Waals surface area contributed by atoms with Gasteiger partial charge in [0.2, 0.25) is 0 Å². The van der Waals surface area contributed by atoms with E-state index < -0.39 is 0 Å². The van der Waals surface area contributed by atoms with Gasteiger partial charge in [-0.3, -0.25) is 4.79 Å². The van der Waals surface area contributed by atoms with Crippen LogP contribution in [0.3, 0.4) is 0 Å². The van der Waals surface area contributed by atoms with Gasteiger partial charge in [-0.15, -0.1) is 11.8 Å². The average Bonchev–Trinajstić information content (AvgIpc) is 3.21. The van der Waals surface area contributed by atoms with Crippen molar-refractivity contribution < 1.29 is 9.21 Å². The predicted octanol–water partition coefficient (Wildman–Crippen LogP) is 4.08. The van der Waals surface area contributed by atoms with Crippen LogP contribution in [0.4, 0.5) is 0 Å². The van der Waals surface area contributed by atoms with Crippen molar-refractivity contribution in [1.29, 1.82) is 0 Å². The molecule has 1 amide bonds. The largest absolute Gasteiger partial charge is 0.468 e. The molecule has 0 radical (unpaired) electrons. The summed E-state index contributed by atoms with van der Waals surface area (Å²) in [6.07, 6.45) is 4.54. The standard InChI is InChI=1S/C18H18N2O2S/c21-18(14-4-3-13-5-7-19-15(13)12-14)20-8-6-17(23-11-9-20)16-2-1-10-22-16/h1-5,7,10,12,17,19H,6,8-9,11H2. The molecule has 1 atom stereocenters. The molecule has 3 heterocycles. The smallest absolute Gasteiger partial charge is 0.253 e. The second-order valence-electron chi connectivity index (χ2n) is 5.74. The highest BCUT2D eigenvalue weighted by molar-refractivity contribution is 7.99. The number of carbonyl (C=O) groups excluding carboxylic acids is 1. The Hall–Kier alpha value is -2.14. The highest BCUT2D eigenvalue weighted by atomic mass is 32.2. The van der Waals surface area contributed by atoms with E-state index in [1.165, 1.54) is 0 Å². The van der Waals surface area contributed by atoms with Crippen molar-refractivity contribution in [1.82, 2.24) is 9.88 Å². The Bertz CT molecular complexity index is 809. The Kier molecular flexibility index (Phi) is 3.87. The summed E-state index contributed by atoms with van der Waals surface area (Å²) in [7, 11) is 0. The minimum Gasteiger partial charge on any atom is -0.468 e. The number of H-pyrrole nitrogens is 1. The molecule has 1 fully saturated rings. The second-order valence-corrected chi connectivity index (χ2v) is 7.05. The van der Waals surface area contributed by atoms with Crippen molar-refractivity contribution in [3.05, 3.63) is 60.2 Å². The number of aromatic nitrogens is 1. The molecule has 23 heavy (non-hydrogen) atoms. The lowest BCUT2D eigenvalue weighted by atomic mass is 10.1. The lowest BCUT2D eigenvalue weighted by molar-refractivity contribution is 0.0766. The van der Waals surface area contributed by atoms with Crippen LogP contribution in [-0.2, 0) is 0 Å². The molecule has 3 aromatic rings. The summed E-state index contributed by atoms with van der Waals surface area (Å²) in [6, 6.07) is 11.8. The molecule has 4 rings (SSSR count). The Balaban J connectivity index is 1.50. The number of benzene rings is 1. The summed E-state index contributed by atoms with van der Waals surface area (Å²) in [4.78, 5) is 17.9. The molecule has 5 heteroatoms. The average molecular weight is 326 g/mol. The van der Waals surface area contributed by atoms with Gasteiger partial charge in [0.15, 0.2) is 0 Å². The SMILES string of the molecule is O=C(c1ccc2cc[nH]c2c1)N1CCSC(c2ccco2)CC1. The number of hydrogen-bond donors (Lipinski definition) is 1. The molecule has 1 aromatic carbocycles. The maximum atomic E-state index is 12.8. The monoisotopic (exact) mass is 326 g/mol. The van der Waals surface area contributed by atoms with Gasteiger partial charge in [-0.1, -0.05) is 6.07 Å². The summed E-state index contributed by atoms with van der Waals surface area (Å²) in [5.41, 5.74) is 1.76. The maximum absolute atomic E-state index is 12.8. The van der Waals surface area contributed by atoms with E-state index in [1.54, 1.807) is 6.26 Å². The van der Waals surface area contributed by atoms with Crippen molar-refractivity contribution in [3.63, 3.8) is 0 Å². The van der Waals surface area contributed by atoms with E-state index in [2.05, 4.69) is 4.98 Å². The van der Waals surface area contributed by atoms with Crippen LogP contribution in [0.15, 0.2) is 53.3 Å². The molecule has 1 unspecified atom stereocenters. The number of nitrogens with zero attached hydrogens (tertiary/aromatic N) is 1. The summed E-state index contributed by atoms with van der Waals surface area (Å²) < 4.78 is 5.52. The number of rotatable bonds is 2. The first-order valence-corrected chi connectivity index (χ1v) is 8.87. The third-order valence-electron chi connectivity index (χ3n) is 4.29. The molecule has 1 N–H and O–H groups in total. The second kappa shape index (κ2) is 6.16. The number of thioether (sulfide) groups is 1. The first kappa shape index (κ1) is 14.5. The van der Waals surface area contributed by atoms with E-state index in [9.17, 15) is 4.79 Å². The molecule has 1 aliphatic rings. The number of aromatic amines is 1. The van der Waals surface area contributed by atoms with Crippen molar-refractivity contribution in [2.75, 3.05) is 18.8 Å². The number of fused-ring (bicyclic) bond motifs is 1. The minimum atomic E-state index is 0.113. The zero-order chi connectivity index (χ0) is 15.6. The molecule has 2 aromatic heterocycles. The summed E-state index contributed by atoms with van der Waals surface area (Å²) in [6.45, 7) is 1.55. The number of nitrogens with one attached hydrogen (secondary N) is 1. The van der Waals surface area contributed by atoms with E-state index in [0.29, 0.717) is 5.25 Å². The topological polar surface area (TPSA) is 49.2 Å². The molecule has 0 bridgehead atoms. The molecule has 0 saturated carbocycles. The quantitative estimate of drug-likeness (QED) is 0.772. The third kappa shape index (κ3) is 2.88. The van der Waals surface area contributed by atoms with Crippen LogP contribution in [0.25, 0.3) is 10.9 Å². The van der Waals surface area contributed by atoms with Gasteiger partial charge in [0, 0.05) is 36.1 Å². The van der Waals surface area contributed by atoms with Gasteiger partial charge in [0.25, 0.3) is 5.91 Å². The third-order valence-corrected chi connectivity index (χ3v) is 5.58. The Labute approximate surface area is 138 Å². The van der Waals surface area contributed by atoms with Crippen LogP contribution < -0.4 is 0 Å². The van der Waals surface area contributed by atoms with E-state index in [-0.39, 0.29) is 5.91 Å². The number of amides is 1. The van der Waals surface area contributed by atoms with Gasteiger partial charge in [-0.05, 0) is 42.1 Å². The van der Waals surface area contributed by atoms with Crippen LogP contribution in [0.5, 0.6) is 0 Å². The highest BCUT2D eigenvalue weighted by Gasteiger charge is 2.24. The number of hydrogen-bond acceptors (Lipinski definition) is 3. The van der Waals surface area contributed by atoms with Crippen LogP contribution in [-0.4, -0.2) is 34.6 Å². The van der Waals surface area contributed by atoms with Crippen molar-refractivity contribution in [3.8, 4) is 0 Å². The zero-order valence-corrected chi connectivity index (χ0v) is 13.5. The van der Waals surface area contributed by atoms with E-state index in [1.807, 2.05) is 59.3 Å².